The van der Waals surface area contributed by atoms with E-state index in [-0.39, 0.29) is 30.8 Å². The number of rotatable bonds is 9. The number of ether oxygens (including phenoxy) is 1. The van der Waals surface area contributed by atoms with Gasteiger partial charge in [0.15, 0.2) is 0 Å². The van der Waals surface area contributed by atoms with Crippen LogP contribution in [0.4, 0.5) is 4.39 Å². The zero-order chi connectivity index (χ0) is 21.2. The van der Waals surface area contributed by atoms with Crippen molar-refractivity contribution in [2.45, 2.75) is 12.5 Å². The molecule has 0 saturated carbocycles. The Morgan fingerprint density at radius 2 is 1.50 bits per heavy atom. The zero-order valence-corrected chi connectivity index (χ0v) is 16.4. The fraction of sp³-hybridized carbons (Fsp3) is 0.167. The summed E-state index contributed by atoms with van der Waals surface area (Å²) < 4.78 is 18.4. The largest absolute Gasteiger partial charge is 0.492 e. The van der Waals surface area contributed by atoms with Crippen LogP contribution in [-0.2, 0) is 11.2 Å². The fourth-order valence-corrected chi connectivity index (χ4v) is 2.89. The van der Waals surface area contributed by atoms with Crippen molar-refractivity contribution in [3.8, 4) is 5.75 Å². The molecule has 0 heterocycles. The lowest BCUT2D eigenvalue weighted by molar-refractivity contribution is -0.123. The summed E-state index contributed by atoms with van der Waals surface area (Å²) in [5, 5.41) is 5.60. The molecule has 0 fully saturated rings. The number of hydrogen-bond acceptors (Lipinski definition) is 3. The Kier molecular flexibility index (Phi) is 7.55. The third-order valence-electron chi connectivity index (χ3n) is 4.42. The molecule has 0 saturated heterocycles. The predicted octanol–water partition coefficient (Wildman–Crippen LogP) is 3.36. The van der Waals surface area contributed by atoms with Gasteiger partial charge in [-0.05, 0) is 42.0 Å². The molecule has 1 unspecified atom stereocenters. The number of carbonyl (C=O) groups excluding carboxylic acids is 2. The highest BCUT2D eigenvalue weighted by Gasteiger charge is 2.21. The number of hydrogen-bond donors (Lipinski definition) is 2. The van der Waals surface area contributed by atoms with E-state index in [0.29, 0.717) is 17.7 Å². The van der Waals surface area contributed by atoms with Crippen molar-refractivity contribution >= 4 is 11.8 Å². The van der Waals surface area contributed by atoms with Gasteiger partial charge in [-0.15, -0.1) is 0 Å². The number of carbonyl (C=O) groups is 2. The molecule has 0 spiro atoms. The molecule has 1 atom stereocenters. The number of halogens is 1. The Labute approximate surface area is 174 Å². The third kappa shape index (κ3) is 6.44. The Morgan fingerprint density at radius 1 is 0.867 bits per heavy atom. The van der Waals surface area contributed by atoms with Gasteiger partial charge in [0.2, 0.25) is 5.91 Å². The molecule has 0 aromatic heterocycles. The summed E-state index contributed by atoms with van der Waals surface area (Å²) >= 11 is 0. The van der Waals surface area contributed by atoms with Gasteiger partial charge in [0.1, 0.15) is 24.2 Å². The molecule has 0 bridgehead atoms. The summed E-state index contributed by atoms with van der Waals surface area (Å²) in [7, 11) is 0. The molecule has 3 rings (SSSR count). The summed E-state index contributed by atoms with van der Waals surface area (Å²) in [6, 6.07) is 23.2. The van der Waals surface area contributed by atoms with Gasteiger partial charge in [-0.2, -0.15) is 0 Å². The van der Waals surface area contributed by atoms with Gasteiger partial charge in [0.25, 0.3) is 5.91 Å². The molecule has 6 heteroatoms. The number of amides is 2. The van der Waals surface area contributed by atoms with Gasteiger partial charge >= 0.3 is 0 Å². The smallest absolute Gasteiger partial charge is 0.251 e. The standard InChI is InChI=1S/C24H23FN2O3/c25-20-11-13-21(14-12-20)30-16-15-26-24(29)22(17-18-7-3-1-4-8-18)27-23(28)19-9-5-2-6-10-19/h1-14,22H,15-17H2,(H,26,29)(H,27,28). The van der Waals surface area contributed by atoms with Crippen LogP contribution in [0.1, 0.15) is 15.9 Å². The maximum absolute atomic E-state index is 12.9. The Bertz CT molecular complexity index is 947. The third-order valence-corrected chi connectivity index (χ3v) is 4.42. The second kappa shape index (κ2) is 10.8. The van der Waals surface area contributed by atoms with Crippen LogP contribution in [0, 0.1) is 5.82 Å². The fourth-order valence-electron chi connectivity index (χ4n) is 2.89. The normalized spacial score (nSPS) is 11.4. The minimum absolute atomic E-state index is 0.224. The van der Waals surface area contributed by atoms with Gasteiger partial charge in [0.05, 0.1) is 6.54 Å². The first-order valence-electron chi connectivity index (χ1n) is 9.68. The molecular formula is C24H23FN2O3. The van der Waals surface area contributed by atoms with Crippen LogP contribution in [0.25, 0.3) is 0 Å². The molecule has 0 radical (unpaired) electrons. The van der Waals surface area contributed by atoms with Crippen LogP contribution in [0.2, 0.25) is 0 Å². The molecule has 30 heavy (non-hydrogen) atoms. The maximum Gasteiger partial charge on any atom is 0.251 e. The van der Waals surface area contributed by atoms with Gasteiger partial charge in [-0.1, -0.05) is 48.5 Å². The highest BCUT2D eigenvalue weighted by Crippen LogP contribution is 2.10. The van der Waals surface area contributed by atoms with E-state index in [2.05, 4.69) is 10.6 Å². The molecular weight excluding hydrogens is 383 g/mol. The molecule has 3 aromatic carbocycles. The van der Waals surface area contributed by atoms with E-state index in [0.717, 1.165) is 5.56 Å². The minimum Gasteiger partial charge on any atom is -0.492 e. The van der Waals surface area contributed by atoms with Crippen molar-refractivity contribution in [2.75, 3.05) is 13.2 Å². The van der Waals surface area contributed by atoms with Crippen LogP contribution in [-0.4, -0.2) is 31.0 Å². The van der Waals surface area contributed by atoms with Crippen LogP contribution in [0.5, 0.6) is 5.75 Å². The highest BCUT2D eigenvalue weighted by molar-refractivity contribution is 5.97. The summed E-state index contributed by atoms with van der Waals surface area (Å²) in [4.78, 5) is 25.3. The molecule has 2 amide bonds. The van der Waals surface area contributed by atoms with E-state index in [4.69, 9.17) is 4.74 Å². The van der Waals surface area contributed by atoms with Crippen molar-refractivity contribution in [1.82, 2.24) is 10.6 Å². The average molecular weight is 406 g/mol. The lowest BCUT2D eigenvalue weighted by Gasteiger charge is -2.19. The monoisotopic (exact) mass is 406 g/mol. The molecule has 2 N–H and O–H groups in total. The SMILES string of the molecule is O=C(NC(Cc1ccccc1)C(=O)NCCOc1ccc(F)cc1)c1ccccc1. The molecule has 0 aliphatic heterocycles. The van der Waals surface area contributed by atoms with Gasteiger partial charge in [-0.25, -0.2) is 4.39 Å². The molecule has 154 valence electrons. The van der Waals surface area contributed by atoms with Crippen LogP contribution < -0.4 is 15.4 Å². The van der Waals surface area contributed by atoms with Crippen LogP contribution >= 0.6 is 0 Å². The average Bonchev–Trinajstić information content (AvgIpc) is 2.78. The molecule has 5 nitrogen and oxygen atoms in total. The van der Waals surface area contributed by atoms with Crippen LogP contribution in [0.15, 0.2) is 84.9 Å². The summed E-state index contributed by atoms with van der Waals surface area (Å²) in [5.41, 5.74) is 1.43. The van der Waals surface area contributed by atoms with Crippen molar-refractivity contribution in [1.29, 1.82) is 0 Å². The zero-order valence-electron chi connectivity index (χ0n) is 16.4. The first-order chi connectivity index (χ1) is 14.6. The van der Waals surface area contributed by atoms with E-state index in [9.17, 15) is 14.0 Å². The quantitative estimate of drug-likeness (QED) is 0.536. The van der Waals surface area contributed by atoms with E-state index in [1.54, 1.807) is 24.3 Å². The van der Waals surface area contributed by atoms with Crippen LogP contribution in [0.3, 0.4) is 0 Å². The van der Waals surface area contributed by atoms with Crippen molar-refractivity contribution in [2.24, 2.45) is 0 Å². The molecule has 3 aromatic rings. The topological polar surface area (TPSA) is 67.4 Å². The Balaban J connectivity index is 1.57. The van der Waals surface area contributed by atoms with E-state index in [1.165, 1.54) is 24.3 Å². The lowest BCUT2D eigenvalue weighted by Crippen LogP contribution is -2.48. The summed E-state index contributed by atoms with van der Waals surface area (Å²) in [5.74, 6) is -0.433. The van der Waals surface area contributed by atoms with Gasteiger partial charge in [-0.3, -0.25) is 9.59 Å². The minimum atomic E-state index is -0.731. The second-order valence-corrected chi connectivity index (χ2v) is 6.68. The van der Waals surface area contributed by atoms with E-state index in [1.807, 2.05) is 36.4 Å². The predicted molar refractivity (Wildman–Crippen MR) is 113 cm³/mol. The Hall–Kier alpha value is -3.67. The molecule has 0 aliphatic carbocycles. The summed E-state index contributed by atoms with van der Waals surface area (Å²) in [6.07, 6.45) is 0.365. The van der Waals surface area contributed by atoms with Gasteiger partial charge < -0.3 is 15.4 Å². The van der Waals surface area contributed by atoms with Gasteiger partial charge in [0, 0.05) is 12.0 Å². The molecule has 0 aliphatic rings. The van der Waals surface area contributed by atoms with Crippen molar-refractivity contribution in [3.05, 3.63) is 102 Å². The number of nitrogens with one attached hydrogen (secondary N) is 2. The lowest BCUT2D eigenvalue weighted by atomic mass is 10.0. The first kappa shape index (κ1) is 21.0. The highest BCUT2D eigenvalue weighted by atomic mass is 19.1. The first-order valence-corrected chi connectivity index (χ1v) is 9.68. The van der Waals surface area contributed by atoms with Crippen molar-refractivity contribution in [3.63, 3.8) is 0 Å². The van der Waals surface area contributed by atoms with Crippen molar-refractivity contribution < 1.29 is 18.7 Å². The number of benzene rings is 3. The van der Waals surface area contributed by atoms with E-state index < -0.39 is 6.04 Å². The maximum atomic E-state index is 12.9. The second-order valence-electron chi connectivity index (χ2n) is 6.68. The summed E-state index contributed by atoms with van der Waals surface area (Å²) in [6.45, 7) is 0.477. The van der Waals surface area contributed by atoms with E-state index >= 15 is 0 Å². The Morgan fingerprint density at radius 3 is 2.17 bits per heavy atom.